The summed E-state index contributed by atoms with van der Waals surface area (Å²) in [5, 5.41) is 9.67. The van der Waals surface area contributed by atoms with Gasteiger partial charge in [0.25, 0.3) is 0 Å². The first-order chi connectivity index (χ1) is 5.65. The molecule has 12 heavy (non-hydrogen) atoms. The van der Waals surface area contributed by atoms with Gasteiger partial charge in [0.15, 0.2) is 0 Å². The van der Waals surface area contributed by atoms with Gasteiger partial charge in [0.2, 0.25) is 0 Å². The van der Waals surface area contributed by atoms with E-state index in [0.717, 1.165) is 13.0 Å². The van der Waals surface area contributed by atoms with Crippen LogP contribution in [0.1, 0.15) is 33.1 Å². The zero-order valence-corrected chi connectivity index (χ0v) is 8.45. The van der Waals surface area contributed by atoms with Crippen molar-refractivity contribution in [1.29, 1.82) is 0 Å². The number of rotatable bonds is 2. The minimum Gasteiger partial charge on any atom is -0.393 e. The monoisotopic (exact) mass is 171 g/mol. The molecule has 0 aliphatic carbocycles. The van der Waals surface area contributed by atoms with Gasteiger partial charge in [-0.25, -0.2) is 0 Å². The first-order valence-corrected chi connectivity index (χ1v) is 5.03. The first-order valence-electron chi connectivity index (χ1n) is 5.03. The molecule has 2 nitrogen and oxygen atoms in total. The van der Waals surface area contributed by atoms with Crippen LogP contribution < -0.4 is 0 Å². The Balaban J connectivity index is 2.43. The van der Waals surface area contributed by atoms with Crippen LogP contribution in [0.4, 0.5) is 0 Å². The van der Waals surface area contributed by atoms with E-state index < -0.39 is 0 Å². The summed E-state index contributed by atoms with van der Waals surface area (Å²) in [7, 11) is 2.17. The Labute approximate surface area is 75.6 Å². The summed E-state index contributed by atoms with van der Waals surface area (Å²) < 4.78 is 0. The average Bonchev–Trinajstić information content (AvgIpc) is 2.01. The number of likely N-dealkylation sites (tertiary alicyclic amines) is 1. The summed E-state index contributed by atoms with van der Waals surface area (Å²) >= 11 is 0. The Morgan fingerprint density at radius 3 is 2.75 bits per heavy atom. The van der Waals surface area contributed by atoms with Crippen molar-refractivity contribution in [2.75, 3.05) is 13.6 Å². The molecule has 3 atom stereocenters. The van der Waals surface area contributed by atoms with Gasteiger partial charge in [-0.15, -0.1) is 0 Å². The Hall–Kier alpha value is -0.0800. The molecule has 2 heteroatoms. The molecule has 0 amide bonds. The summed E-state index contributed by atoms with van der Waals surface area (Å²) in [5.41, 5.74) is 0. The van der Waals surface area contributed by atoms with E-state index in [-0.39, 0.29) is 6.10 Å². The Bertz CT molecular complexity index is 138. The number of aliphatic hydroxyl groups excluding tert-OH is 1. The van der Waals surface area contributed by atoms with Crippen molar-refractivity contribution >= 4 is 0 Å². The largest absolute Gasteiger partial charge is 0.393 e. The predicted molar refractivity (Wildman–Crippen MR) is 51.1 cm³/mol. The molecule has 0 radical (unpaired) electrons. The average molecular weight is 171 g/mol. The highest BCUT2D eigenvalue weighted by Crippen LogP contribution is 2.23. The highest BCUT2D eigenvalue weighted by molar-refractivity contribution is 4.83. The van der Waals surface area contributed by atoms with Gasteiger partial charge in [0.05, 0.1) is 6.10 Å². The second-order valence-electron chi connectivity index (χ2n) is 4.16. The summed E-state index contributed by atoms with van der Waals surface area (Å²) in [5.74, 6) is 0.447. The molecule has 72 valence electrons. The molecule has 0 aromatic heterocycles. The van der Waals surface area contributed by atoms with Crippen LogP contribution in [0.3, 0.4) is 0 Å². The lowest BCUT2D eigenvalue weighted by molar-refractivity contribution is 0.00925. The van der Waals surface area contributed by atoms with Crippen LogP contribution >= 0.6 is 0 Å². The zero-order valence-electron chi connectivity index (χ0n) is 8.45. The van der Waals surface area contributed by atoms with E-state index in [2.05, 4.69) is 25.8 Å². The van der Waals surface area contributed by atoms with Crippen molar-refractivity contribution < 1.29 is 5.11 Å². The van der Waals surface area contributed by atoms with E-state index >= 15 is 0 Å². The van der Waals surface area contributed by atoms with E-state index in [1.807, 2.05) is 0 Å². The van der Waals surface area contributed by atoms with Crippen molar-refractivity contribution in [1.82, 2.24) is 4.90 Å². The summed E-state index contributed by atoms with van der Waals surface area (Å²) in [6.07, 6.45) is 3.33. The van der Waals surface area contributed by atoms with Crippen LogP contribution in [0.2, 0.25) is 0 Å². The minimum atomic E-state index is -0.0715. The first kappa shape index (κ1) is 10.0. The fraction of sp³-hybridized carbons (Fsp3) is 1.00. The molecule has 1 heterocycles. The highest BCUT2D eigenvalue weighted by atomic mass is 16.3. The van der Waals surface area contributed by atoms with Crippen LogP contribution in [0.25, 0.3) is 0 Å². The number of nitrogens with zero attached hydrogens (tertiary/aromatic N) is 1. The molecular formula is C10H21NO. The summed E-state index contributed by atoms with van der Waals surface area (Å²) in [6, 6.07) is 0.612. The summed E-state index contributed by atoms with van der Waals surface area (Å²) in [4.78, 5) is 2.39. The van der Waals surface area contributed by atoms with Crippen LogP contribution in [0.15, 0.2) is 0 Å². The van der Waals surface area contributed by atoms with Crippen molar-refractivity contribution in [2.45, 2.75) is 45.3 Å². The minimum absolute atomic E-state index is 0.0715. The maximum Gasteiger partial charge on any atom is 0.0592 e. The van der Waals surface area contributed by atoms with E-state index in [1.54, 1.807) is 0 Å². The second-order valence-corrected chi connectivity index (χ2v) is 4.16. The maximum atomic E-state index is 9.67. The second kappa shape index (κ2) is 4.24. The lowest BCUT2D eigenvalue weighted by Crippen LogP contribution is -2.46. The zero-order chi connectivity index (χ0) is 9.14. The fourth-order valence-electron chi connectivity index (χ4n) is 2.09. The van der Waals surface area contributed by atoms with Crippen molar-refractivity contribution in [3.63, 3.8) is 0 Å². The normalized spacial score (nSPS) is 38.5. The third-order valence-corrected chi connectivity index (χ3v) is 2.99. The fourth-order valence-corrected chi connectivity index (χ4v) is 2.09. The number of piperidine rings is 1. The Kier molecular flexibility index (Phi) is 3.53. The smallest absolute Gasteiger partial charge is 0.0592 e. The van der Waals surface area contributed by atoms with Gasteiger partial charge in [-0.2, -0.15) is 0 Å². The molecule has 1 fully saturated rings. The quantitative estimate of drug-likeness (QED) is 0.680. The predicted octanol–water partition coefficient (Wildman–Crippen LogP) is 1.49. The van der Waals surface area contributed by atoms with Crippen LogP contribution in [0, 0.1) is 5.92 Å². The summed E-state index contributed by atoms with van der Waals surface area (Å²) in [6.45, 7) is 5.38. The third kappa shape index (κ3) is 2.20. The topological polar surface area (TPSA) is 23.5 Å². The van der Waals surface area contributed by atoms with Gasteiger partial charge in [0.1, 0.15) is 0 Å². The Morgan fingerprint density at radius 1 is 1.50 bits per heavy atom. The SMILES string of the molecule is CCCC1CC(O)C(C)CN1C. The lowest BCUT2D eigenvalue weighted by Gasteiger charge is -2.39. The van der Waals surface area contributed by atoms with E-state index in [9.17, 15) is 5.11 Å². The third-order valence-electron chi connectivity index (χ3n) is 2.99. The van der Waals surface area contributed by atoms with Crippen LogP contribution in [-0.4, -0.2) is 35.7 Å². The molecule has 1 aliphatic heterocycles. The van der Waals surface area contributed by atoms with Crippen LogP contribution in [-0.2, 0) is 0 Å². The molecule has 0 spiro atoms. The molecule has 1 rings (SSSR count). The molecule has 0 bridgehead atoms. The van der Waals surface area contributed by atoms with Crippen LogP contribution in [0.5, 0.6) is 0 Å². The number of hydrogen-bond donors (Lipinski definition) is 1. The molecule has 1 saturated heterocycles. The number of aliphatic hydroxyl groups is 1. The van der Waals surface area contributed by atoms with E-state index in [0.29, 0.717) is 12.0 Å². The maximum absolute atomic E-state index is 9.67. The van der Waals surface area contributed by atoms with E-state index in [1.165, 1.54) is 12.8 Å². The molecule has 0 aromatic rings. The molecular weight excluding hydrogens is 150 g/mol. The molecule has 1 N–H and O–H groups in total. The van der Waals surface area contributed by atoms with Gasteiger partial charge >= 0.3 is 0 Å². The van der Waals surface area contributed by atoms with Gasteiger partial charge in [-0.1, -0.05) is 20.3 Å². The molecule has 3 unspecified atom stereocenters. The van der Waals surface area contributed by atoms with Gasteiger partial charge in [0, 0.05) is 12.6 Å². The highest BCUT2D eigenvalue weighted by Gasteiger charge is 2.28. The molecule has 1 aliphatic rings. The lowest BCUT2D eigenvalue weighted by atomic mass is 9.90. The van der Waals surface area contributed by atoms with Gasteiger partial charge in [-0.3, -0.25) is 0 Å². The standard InChI is InChI=1S/C10H21NO/c1-4-5-9-6-10(12)8(2)7-11(9)3/h8-10,12H,4-7H2,1-3H3. The van der Waals surface area contributed by atoms with Gasteiger partial charge in [-0.05, 0) is 25.8 Å². The number of hydrogen-bond acceptors (Lipinski definition) is 2. The van der Waals surface area contributed by atoms with E-state index in [4.69, 9.17) is 0 Å². The molecule has 0 saturated carbocycles. The van der Waals surface area contributed by atoms with Crippen molar-refractivity contribution in [3.8, 4) is 0 Å². The van der Waals surface area contributed by atoms with Crippen molar-refractivity contribution in [2.24, 2.45) is 5.92 Å². The molecule has 0 aromatic carbocycles. The van der Waals surface area contributed by atoms with Crippen molar-refractivity contribution in [3.05, 3.63) is 0 Å². The Morgan fingerprint density at radius 2 is 2.17 bits per heavy atom. The van der Waals surface area contributed by atoms with Gasteiger partial charge < -0.3 is 10.0 Å².